The van der Waals surface area contributed by atoms with Crippen molar-refractivity contribution in [3.8, 4) is 0 Å². The lowest BCUT2D eigenvalue weighted by Crippen LogP contribution is -1.64. The summed E-state index contributed by atoms with van der Waals surface area (Å²) >= 11 is 5.87. The largest absolute Gasteiger partial charge is 0.133 e. The average Bonchev–Trinajstić information content (AvgIpc) is 2.34. The van der Waals surface area contributed by atoms with Crippen LogP contribution in [0.25, 0.3) is 0 Å². The Morgan fingerprint density at radius 1 is 1.56 bits per heavy atom. The first-order chi connectivity index (χ1) is 4.43. The van der Waals surface area contributed by atoms with Crippen LogP contribution in [0, 0.1) is 0 Å². The highest BCUT2D eigenvalue weighted by atomic mass is 32.2. The molecule has 0 aliphatic carbocycles. The maximum atomic E-state index is 2.28. The molecule has 0 spiro atoms. The van der Waals surface area contributed by atoms with Crippen LogP contribution in [0.2, 0.25) is 0 Å². The van der Waals surface area contributed by atoms with E-state index in [-0.39, 0.29) is 0 Å². The van der Waals surface area contributed by atoms with Crippen LogP contribution in [-0.2, 0) is 0 Å². The molecular weight excluding hydrogens is 168 g/mol. The van der Waals surface area contributed by atoms with E-state index in [0.717, 1.165) is 0 Å². The predicted molar refractivity (Wildman–Crippen MR) is 51.1 cm³/mol. The highest BCUT2D eigenvalue weighted by molar-refractivity contribution is 8.26. The van der Waals surface area contributed by atoms with Crippen molar-refractivity contribution in [3.63, 3.8) is 0 Å². The van der Waals surface area contributed by atoms with Gasteiger partial charge in [0.25, 0.3) is 0 Å². The van der Waals surface area contributed by atoms with Gasteiger partial charge in [0.1, 0.15) is 0 Å². The van der Waals surface area contributed by atoms with Crippen LogP contribution in [0.4, 0.5) is 0 Å². The Labute approximate surface area is 69.2 Å². The maximum Gasteiger partial charge on any atom is 0.0464 e. The van der Waals surface area contributed by atoms with E-state index in [4.69, 9.17) is 0 Å². The summed E-state index contributed by atoms with van der Waals surface area (Å²) in [6, 6.07) is 0. The van der Waals surface area contributed by atoms with E-state index in [2.05, 4.69) is 12.3 Å². The third kappa shape index (κ3) is 2.92. The van der Waals surface area contributed by atoms with Crippen molar-refractivity contribution >= 4 is 35.3 Å². The van der Waals surface area contributed by atoms with Crippen LogP contribution in [0.1, 0.15) is 6.92 Å². The van der Waals surface area contributed by atoms with Crippen LogP contribution >= 0.6 is 35.3 Å². The van der Waals surface area contributed by atoms with Gasteiger partial charge in [-0.1, -0.05) is 6.92 Å². The first-order valence-electron chi connectivity index (χ1n) is 3.01. The molecule has 0 N–H and O–H groups in total. The van der Waals surface area contributed by atoms with Crippen molar-refractivity contribution in [2.24, 2.45) is 0 Å². The topological polar surface area (TPSA) is 0 Å². The number of hydrogen-bond donors (Lipinski definition) is 0. The zero-order valence-corrected chi connectivity index (χ0v) is 7.87. The van der Waals surface area contributed by atoms with E-state index >= 15 is 0 Å². The molecule has 0 amide bonds. The lowest BCUT2D eigenvalue weighted by Gasteiger charge is -1.90. The lowest BCUT2D eigenvalue weighted by molar-refractivity contribution is 1.54. The van der Waals surface area contributed by atoms with Crippen molar-refractivity contribution in [2.45, 2.75) is 6.92 Å². The molecule has 0 nitrogen and oxygen atoms in total. The highest BCUT2D eigenvalue weighted by Gasteiger charge is 2.06. The van der Waals surface area contributed by atoms with Crippen LogP contribution in [0.3, 0.4) is 0 Å². The van der Waals surface area contributed by atoms with E-state index < -0.39 is 0 Å². The first-order valence-corrected chi connectivity index (χ1v) is 6.03. The minimum Gasteiger partial charge on any atom is -0.133 e. The third-order valence-electron chi connectivity index (χ3n) is 0.918. The van der Waals surface area contributed by atoms with Gasteiger partial charge in [-0.2, -0.15) is 0 Å². The zero-order valence-electron chi connectivity index (χ0n) is 5.42. The van der Waals surface area contributed by atoms with Gasteiger partial charge in [0.05, 0.1) is 0 Å². The van der Waals surface area contributed by atoms with Crippen molar-refractivity contribution < 1.29 is 0 Å². The molecule has 0 aromatic carbocycles. The molecule has 0 radical (unpaired) electrons. The molecule has 52 valence electrons. The number of hydrogen-bond acceptors (Lipinski definition) is 3. The summed E-state index contributed by atoms with van der Waals surface area (Å²) in [5.41, 5.74) is 0. The van der Waals surface area contributed by atoms with E-state index in [1.165, 1.54) is 21.5 Å². The molecule has 1 aliphatic heterocycles. The SMILES string of the molecule is CCSC=C1SCCS1. The van der Waals surface area contributed by atoms with Gasteiger partial charge in [-0.15, -0.1) is 35.3 Å². The summed E-state index contributed by atoms with van der Waals surface area (Å²) in [5, 5.41) is 2.28. The summed E-state index contributed by atoms with van der Waals surface area (Å²) < 4.78 is 1.52. The third-order valence-corrected chi connectivity index (χ3v) is 4.54. The van der Waals surface area contributed by atoms with E-state index in [1.54, 1.807) is 0 Å². The predicted octanol–water partition coefficient (Wildman–Crippen LogP) is 3.02. The fraction of sp³-hybridized carbons (Fsp3) is 0.667. The van der Waals surface area contributed by atoms with Crippen LogP contribution in [0.5, 0.6) is 0 Å². The molecule has 9 heavy (non-hydrogen) atoms. The molecule has 1 fully saturated rings. The second kappa shape index (κ2) is 4.58. The van der Waals surface area contributed by atoms with Crippen LogP contribution < -0.4 is 0 Å². The van der Waals surface area contributed by atoms with Gasteiger partial charge in [-0.25, -0.2) is 0 Å². The normalized spacial score (nSPS) is 18.6. The molecule has 1 saturated heterocycles. The molecule has 0 saturated carbocycles. The molecule has 3 heteroatoms. The van der Waals surface area contributed by atoms with Crippen molar-refractivity contribution in [1.29, 1.82) is 0 Å². The minimum absolute atomic E-state index is 1.20. The molecule has 0 bridgehead atoms. The van der Waals surface area contributed by atoms with Crippen molar-refractivity contribution in [2.75, 3.05) is 17.3 Å². The zero-order chi connectivity index (χ0) is 6.53. The minimum atomic E-state index is 1.20. The molecular formula is C6H10S3. The summed E-state index contributed by atoms with van der Waals surface area (Å²) in [5.74, 6) is 3.81. The summed E-state index contributed by atoms with van der Waals surface area (Å²) in [6.45, 7) is 2.19. The Morgan fingerprint density at radius 2 is 2.22 bits per heavy atom. The Bertz CT molecular complexity index is 101. The summed E-state index contributed by atoms with van der Waals surface area (Å²) in [7, 11) is 0. The number of thioether (sulfide) groups is 3. The monoisotopic (exact) mass is 178 g/mol. The van der Waals surface area contributed by atoms with Crippen LogP contribution in [-0.4, -0.2) is 17.3 Å². The second-order valence-electron chi connectivity index (χ2n) is 1.59. The molecule has 0 aromatic heterocycles. The van der Waals surface area contributed by atoms with Gasteiger partial charge in [0.15, 0.2) is 0 Å². The van der Waals surface area contributed by atoms with Gasteiger partial charge < -0.3 is 0 Å². The molecule has 0 unspecified atom stereocenters. The second-order valence-corrected chi connectivity index (χ2v) is 5.27. The van der Waals surface area contributed by atoms with Crippen molar-refractivity contribution in [3.05, 3.63) is 9.65 Å². The van der Waals surface area contributed by atoms with Gasteiger partial charge in [0.2, 0.25) is 0 Å². The fourth-order valence-corrected chi connectivity index (χ4v) is 3.70. The van der Waals surface area contributed by atoms with Gasteiger partial charge in [-0.3, -0.25) is 0 Å². The maximum absolute atomic E-state index is 2.28. The van der Waals surface area contributed by atoms with E-state index in [0.29, 0.717) is 0 Å². The standard InChI is InChI=1S/C6H10S3/c1-2-7-5-6-8-3-4-9-6/h5H,2-4H2,1H3. The van der Waals surface area contributed by atoms with E-state index in [1.807, 2.05) is 35.3 Å². The Kier molecular flexibility index (Phi) is 4.02. The highest BCUT2D eigenvalue weighted by Crippen LogP contribution is 2.37. The quantitative estimate of drug-likeness (QED) is 0.638. The summed E-state index contributed by atoms with van der Waals surface area (Å²) in [4.78, 5) is 0. The Morgan fingerprint density at radius 3 is 2.78 bits per heavy atom. The molecule has 1 rings (SSSR count). The van der Waals surface area contributed by atoms with Gasteiger partial charge in [0, 0.05) is 15.7 Å². The Balaban J connectivity index is 2.22. The molecule has 0 atom stereocenters. The molecule has 1 aliphatic rings. The van der Waals surface area contributed by atoms with Crippen molar-refractivity contribution in [1.82, 2.24) is 0 Å². The lowest BCUT2D eigenvalue weighted by atomic mass is 11.0. The summed E-state index contributed by atoms with van der Waals surface area (Å²) in [6.07, 6.45) is 0. The average molecular weight is 178 g/mol. The van der Waals surface area contributed by atoms with E-state index in [9.17, 15) is 0 Å². The smallest absolute Gasteiger partial charge is 0.0464 e. The van der Waals surface area contributed by atoms with Gasteiger partial charge in [-0.05, 0) is 11.2 Å². The number of rotatable bonds is 2. The van der Waals surface area contributed by atoms with Crippen LogP contribution in [0.15, 0.2) is 9.65 Å². The van der Waals surface area contributed by atoms with Gasteiger partial charge >= 0.3 is 0 Å². The first kappa shape index (κ1) is 7.89. The molecule has 0 aromatic rings. The molecule has 1 heterocycles. The fourth-order valence-electron chi connectivity index (χ4n) is 0.546. The Hall–Kier alpha value is 0.790.